The van der Waals surface area contributed by atoms with Gasteiger partial charge in [0.05, 0.1) is 5.75 Å². The van der Waals surface area contributed by atoms with E-state index in [2.05, 4.69) is 32.2 Å². The van der Waals surface area contributed by atoms with E-state index in [0.29, 0.717) is 22.9 Å². The molecule has 1 saturated carbocycles. The van der Waals surface area contributed by atoms with Gasteiger partial charge in [0.1, 0.15) is 11.0 Å². The van der Waals surface area contributed by atoms with E-state index in [1.54, 1.807) is 18.5 Å². The van der Waals surface area contributed by atoms with Gasteiger partial charge in [0.15, 0.2) is 5.16 Å². The van der Waals surface area contributed by atoms with Gasteiger partial charge in [-0.2, -0.15) is 0 Å². The van der Waals surface area contributed by atoms with Gasteiger partial charge < -0.3 is 10.2 Å². The van der Waals surface area contributed by atoms with Crippen LogP contribution in [0.5, 0.6) is 0 Å². The summed E-state index contributed by atoms with van der Waals surface area (Å²) < 4.78 is 0. The largest absolute Gasteiger partial charge is 0.357 e. The first kappa shape index (κ1) is 19.9. The van der Waals surface area contributed by atoms with Gasteiger partial charge in [0.25, 0.3) is 0 Å². The highest BCUT2D eigenvalue weighted by Gasteiger charge is 2.20. The summed E-state index contributed by atoms with van der Waals surface area (Å²) in [5.74, 6) is 0.988. The number of anilines is 1. The van der Waals surface area contributed by atoms with Gasteiger partial charge >= 0.3 is 0 Å². The summed E-state index contributed by atoms with van der Waals surface area (Å²) in [4.78, 5) is 27.2. The van der Waals surface area contributed by atoms with Gasteiger partial charge in [0, 0.05) is 38.1 Å². The number of hydrogen-bond donors (Lipinski definition) is 1. The van der Waals surface area contributed by atoms with Crippen LogP contribution in [-0.4, -0.2) is 39.7 Å². The second kappa shape index (κ2) is 9.90. The third kappa shape index (κ3) is 6.07. The van der Waals surface area contributed by atoms with Gasteiger partial charge in [-0.25, -0.2) is 9.97 Å². The number of amides is 1. The number of thioether (sulfide) groups is 1. The predicted octanol–water partition coefficient (Wildman–Crippen LogP) is 3.70. The molecule has 144 valence electrons. The molecule has 1 N–H and O–H groups in total. The normalized spacial score (nSPS) is 14.7. The van der Waals surface area contributed by atoms with Crippen LogP contribution in [0.1, 0.15) is 37.7 Å². The lowest BCUT2D eigenvalue weighted by Crippen LogP contribution is -2.34. The number of carbonyl (C=O) groups excluding carboxylic acids is 1. The molecule has 1 aliphatic carbocycles. The van der Waals surface area contributed by atoms with Crippen molar-refractivity contribution in [2.45, 2.75) is 49.8 Å². The highest BCUT2D eigenvalue weighted by atomic mass is 35.5. The van der Waals surface area contributed by atoms with Crippen LogP contribution in [-0.2, 0) is 11.3 Å². The molecule has 6 nitrogen and oxygen atoms in total. The van der Waals surface area contributed by atoms with Gasteiger partial charge in [-0.15, -0.1) is 0 Å². The molecule has 1 fully saturated rings. The average Bonchev–Trinajstić information content (AvgIpc) is 2.71. The molecule has 0 saturated heterocycles. The van der Waals surface area contributed by atoms with Crippen LogP contribution in [0.2, 0.25) is 5.15 Å². The summed E-state index contributed by atoms with van der Waals surface area (Å²) in [6.07, 6.45) is 9.62. The molecule has 8 heteroatoms. The van der Waals surface area contributed by atoms with Crippen molar-refractivity contribution in [3.05, 3.63) is 41.3 Å². The van der Waals surface area contributed by atoms with E-state index >= 15 is 0 Å². The van der Waals surface area contributed by atoms with Crippen molar-refractivity contribution < 1.29 is 4.79 Å². The molecular formula is C19H24ClN5OS. The van der Waals surface area contributed by atoms with Crippen LogP contribution in [0, 0.1) is 0 Å². The minimum Gasteiger partial charge on any atom is -0.357 e. The molecule has 0 aliphatic heterocycles. The highest BCUT2D eigenvalue weighted by molar-refractivity contribution is 7.99. The fourth-order valence-corrected chi connectivity index (χ4v) is 4.08. The zero-order chi connectivity index (χ0) is 19.1. The standard InChI is InChI=1S/C19H24ClN5OS/c1-25(15-7-3-2-4-8-15)17-10-16(20)23-19(24-17)27-13-18(26)22-12-14-6-5-9-21-11-14/h5-6,9-11,15H,2-4,7-8,12-13H2,1H3,(H,22,26). The number of nitrogens with one attached hydrogen (secondary N) is 1. The number of hydrogen-bond acceptors (Lipinski definition) is 6. The Hall–Kier alpha value is -1.86. The molecular weight excluding hydrogens is 382 g/mol. The van der Waals surface area contributed by atoms with Gasteiger partial charge in [-0.05, 0) is 24.5 Å². The number of pyridine rings is 1. The lowest BCUT2D eigenvalue weighted by Gasteiger charge is -2.32. The van der Waals surface area contributed by atoms with Crippen molar-refractivity contribution in [3.63, 3.8) is 0 Å². The fourth-order valence-electron chi connectivity index (χ4n) is 3.17. The van der Waals surface area contributed by atoms with Gasteiger partial charge in [-0.3, -0.25) is 9.78 Å². The molecule has 2 aromatic heterocycles. The zero-order valence-electron chi connectivity index (χ0n) is 15.4. The maximum Gasteiger partial charge on any atom is 0.230 e. The van der Waals surface area contributed by atoms with Crippen LogP contribution in [0.4, 0.5) is 5.82 Å². The van der Waals surface area contributed by atoms with Crippen molar-refractivity contribution in [2.75, 3.05) is 17.7 Å². The third-order valence-corrected chi connectivity index (χ3v) is 5.73. The van der Waals surface area contributed by atoms with E-state index < -0.39 is 0 Å². The van der Waals surface area contributed by atoms with Crippen LogP contribution in [0.15, 0.2) is 35.7 Å². The Bertz CT molecular complexity index is 755. The Labute approximate surface area is 169 Å². The Kier molecular flexibility index (Phi) is 7.29. The molecule has 0 unspecified atom stereocenters. The Balaban J connectivity index is 1.55. The van der Waals surface area contributed by atoms with Crippen molar-refractivity contribution in [1.29, 1.82) is 0 Å². The van der Waals surface area contributed by atoms with Gasteiger partial charge in [0.2, 0.25) is 5.91 Å². The molecule has 0 radical (unpaired) electrons. The van der Waals surface area contributed by atoms with Crippen LogP contribution < -0.4 is 10.2 Å². The summed E-state index contributed by atoms with van der Waals surface area (Å²) in [6, 6.07) is 6.06. The molecule has 3 rings (SSSR count). The second-order valence-corrected chi connectivity index (χ2v) is 7.99. The number of rotatable bonds is 7. The van der Waals surface area contributed by atoms with Crippen LogP contribution >= 0.6 is 23.4 Å². The SMILES string of the molecule is CN(c1cc(Cl)nc(SCC(=O)NCc2cccnc2)n1)C1CCCCC1. The van der Waals surface area contributed by atoms with Gasteiger partial charge in [-0.1, -0.05) is 48.7 Å². The van der Waals surface area contributed by atoms with Crippen molar-refractivity contribution in [2.24, 2.45) is 0 Å². The van der Waals surface area contributed by atoms with Crippen molar-refractivity contribution in [1.82, 2.24) is 20.3 Å². The van der Waals surface area contributed by atoms with E-state index in [0.717, 1.165) is 11.4 Å². The summed E-state index contributed by atoms with van der Waals surface area (Å²) in [5, 5.41) is 3.80. The molecule has 0 spiro atoms. The summed E-state index contributed by atoms with van der Waals surface area (Å²) in [6.45, 7) is 0.458. The molecule has 0 aromatic carbocycles. The van der Waals surface area contributed by atoms with E-state index in [-0.39, 0.29) is 11.7 Å². The Morgan fingerprint density at radius 3 is 2.89 bits per heavy atom. The first-order chi connectivity index (χ1) is 13.1. The maximum atomic E-state index is 12.1. The minimum atomic E-state index is -0.0744. The molecule has 1 amide bonds. The monoisotopic (exact) mass is 405 g/mol. The lowest BCUT2D eigenvalue weighted by molar-refractivity contribution is -0.118. The third-order valence-electron chi connectivity index (χ3n) is 4.69. The molecule has 0 atom stereocenters. The average molecular weight is 406 g/mol. The van der Waals surface area contributed by atoms with Crippen LogP contribution in [0.25, 0.3) is 0 Å². The van der Waals surface area contributed by atoms with Crippen molar-refractivity contribution >= 4 is 35.1 Å². The lowest BCUT2D eigenvalue weighted by atomic mass is 9.94. The van der Waals surface area contributed by atoms with E-state index in [9.17, 15) is 4.79 Å². The minimum absolute atomic E-state index is 0.0744. The number of aromatic nitrogens is 3. The predicted molar refractivity (Wildman–Crippen MR) is 109 cm³/mol. The first-order valence-corrected chi connectivity index (χ1v) is 10.5. The highest BCUT2D eigenvalue weighted by Crippen LogP contribution is 2.27. The molecule has 27 heavy (non-hydrogen) atoms. The summed E-state index contributed by atoms with van der Waals surface area (Å²) >= 11 is 7.49. The smallest absolute Gasteiger partial charge is 0.230 e. The first-order valence-electron chi connectivity index (χ1n) is 9.17. The quantitative estimate of drug-likeness (QED) is 0.430. The zero-order valence-corrected chi connectivity index (χ0v) is 17.0. The van der Waals surface area contributed by atoms with Crippen molar-refractivity contribution in [3.8, 4) is 0 Å². The molecule has 2 aromatic rings. The number of carbonyl (C=O) groups is 1. The number of halogens is 1. The van der Waals surface area contributed by atoms with Crippen LogP contribution in [0.3, 0.4) is 0 Å². The Morgan fingerprint density at radius 1 is 1.33 bits per heavy atom. The molecule has 0 bridgehead atoms. The second-order valence-electron chi connectivity index (χ2n) is 6.66. The number of nitrogens with zero attached hydrogens (tertiary/aromatic N) is 4. The summed E-state index contributed by atoms with van der Waals surface area (Å²) in [5.41, 5.74) is 0.964. The topological polar surface area (TPSA) is 71.0 Å². The van der Waals surface area contributed by atoms with E-state index in [1.807, 2.05) is 12.1 Å². The molecule has 2 heterocycles. The summed E-state index contributed by atoms with van der Waals surface area (Å²) in [7, 11) is 2.06. The molecule has 1 aliphatic rings. The van der Waals surface area contributed by atoms with E-state index in [4.69, 9.17) is 11.6 Å². The fraction of sp³-hybridized carbons (Fsp3) is 0.474. The Morgan fingerprint density at radius 2 is 2.15 bits per heavy atom. The maximum absolute atomic E-state index is 12.1. The van der Waals surface area contributed by atoms with E-state index in [1.165, 1.54) is 43.9 Å².